The molecule has 4 nitrogen and oxygen atoms in total. The van der Waals surface area contributed by atoms with E-state index in [0.717, 1.165) is 0 Å². The Balaban J connectivity index is 1.99. The molecule has 1 aliphatic rings. The first-order valence-corrected chi connectivity index (χ1v) is 6.71. The van der Waals surface area contributed by atoms with Gasteiger partial charge >= 0.3 is 6.18 Å². The van der Waals surface area contributed by atoms with Gasteiger partial charge in [-0.3, -0.25) is 9.69 Å². The molecular formula is C14H18F3N3O. The van der Waals surface area contributed by atoms with Crippen LogP contribution in [0.5, 0.6) is 0 Å². The Morgan fingerprint density at radius 1 is 1.24 bits per heavy atom. The molecule has 7 heteroatoms. The second-order valence-corrected chi connectivity index (χ2v) is 5.20. The molecule has 1 aliphatic heterocycles. The maximum Gasteiger partial charge on any atom is 0.401 e. The highest BCUT2D eigenvalue weighted by molar-refractivity contribution is 5.97. The lowest BCUT2D eigenvalue weighted by Gasteiger charge is -2.35. The van der Waals surface area contributed by atoms with E-state index in [4.69, 9.17) is 5.73 Å². The number of halogens is 3. The molecule has 1 aromatic carbocycles. The topological polar surface area (TPSA) is 49.6 Å². The van der Waals surface area contributed by atoms with E-state index >= 15 is 0 Å². The number of nitrogens with two attached hydrogens (primary N) is 1. The lowest BCUT2D eigenvalue weighted by atomic mass is 10.1. The summed E-state index contributed by atoms with van der Waals surface area (Å²) in [5.74, 6) is -0.175. The van der Waals surface area contributed by atoms with Crippen molar-refractivity contribution in [1.82, 2.24) is 9.80 Å². The van der Waals surface area contributed by atoms with Crippen molar-refractivity contribution in [2.24, 2.45) is 0 Å². The van der Waals surface area contributed by atoms with E-state index < -0.39 is 12.7 Å². The van der Waals surface area contributed by atoms with Crippen LogP contribution in [0.1, 0.15) is 15.9 Å². The number of carbonyl (C=O) groups is 1. The number of amides is 1. The molecule has 2 N–H and O–H groups in total. The maximum absolute atomic E-state index is 12.4. The average molecular weight is 301 g/mol. The van der Waals surface area contributed by atoms with Crippen LogP contribution in [-0.2, 0) is 0 Å². The Bertz CT molecular complexity index is 523. The first kappa shape index (κ1) is 15.6. The summed E-state index contributed by atoms with van der Waals surface area (Å²) in [4.78, 5) is 15.3. The number of hydrogen-bond acceptors (Lipinski definition) is 3. The van der Waals surface area contributed by atoms with Crippen molar-refractivity contribution in [3.8, 4) is 0 Å². The van der Waals surface area contributed by atoms with E-state index in [9.17, 15) is 18.0 Å². The van der Waals surface area contributed by atoms with Crippen molar-refractivity contribution in [3.05, 3.63) is 29.3 Å². The summed E-state index contributed by atoms with van der Waals surface area (Å²) in [6.07, 6.45) is -4.20. The van der Waals surface area contributed by atoms with Crippen molar-refractivity contribution < 1.29 is 18.0 Å². The van der Waals surface area contributed by atoms with Crippen LogP contribution in [-0.4, -0.2) is 54.6 Å². The van der Waals surface area contributed by atoms with Crippen LogP contribution in [0.15, 0.2) is 18.2 Å². The summed E-state index contributed by atoms with van der Waals surface area (Å²) in [6.45, 7) is 1.89. The zero-order chi connectivity index (χ0) is 15.6. The fourth-order valence-corrected chi connectivity index (χ4v) is 2.42. The van der Waals surface area contributed by atoms with Gasteiger partial charge in [-0.1, -0.05) is 6.07 Å². The highest BCUT2D eigenvalue weighted by Crippen LogP contribution is 2.20. The summed E-state index contributed by atoms with van der Waals surface area (Å²) < 4.78 is 37.0. The van der Waals surface area contributed by atoms with Crippen LogP contribution >= 0.6 is 0 Å². The van der Waals surface area contributed by atoms with Gasteiger partial charge in [0.1, 0.15) is 0 Å². The molecule has 2 rings (SSSR count). The molecule has 0 bridgehead atoms. The minimum Gasteiger partial charge on any atom is -0.398 e. The molecule has 1 aromatic rings. The van der Waals surface area contributed by atoms with Gasteiger partial charge in [0.05, 0.1) is 6.54 Å². The first-order chi connectivity index (χ1) is 9.78. The molecule has 116 valence electrons. The van der Waals surface area contributed by atoms with Gasteiger partial charge in [0.25, 0.3) is 5.91 Å². The molecule has 1 saturated heterocycles. The number of anilines is 1. The summed E-state index contributed by atoms with van der Waals surface area (Å²) in [7, 11) is 0. The van der Waals surface area contributed by atoms with Crippen molar-refractivity contribution >= 4 is 11.6 Å². The first-order valence-electron chi connectivity index (χ1n) is 6.71. The quantitative estimate of drug-likeness (QED) is 0.849. The molecule has 21 heavy (non-hydrogen) atoms. The molecule has 0 saturated carbocycles. The van der Waals surface area contributed by atoms with Crippen LogP contribution in [0.4, 0.5) is 18.9 Å². The highest BCUT2D eigenvalue weighted by Gasteiger charge is 2.33. The normalized spacial score (nSPS) is 17.0. The predicted octanol–water partition coefficient (Wildman–Crippen LogP) is 1.90. The Hall–Kier alpha value is -1.76. The van der Waals surface area contributed by atoms with E-state index in [0.29, 0.717) is 29.9 Å². The summed E-state index contributed by atoms with van der Waals surface area (Å²) in [5, 5.41) is 0. The number of nitrogen functional groups attached to an aromatic ring is 1. The Morgan fingerprint density at radius 2 is 1.86 bits per heavy atom. The average Bonchev–Trinajstić information content (AvgIpc) is 2.40. The largest absolute Gasteiger partial charge is 0.401 e. The smallest absolute Gasteiger partial charge is 0.398 e. The third kappa shape index (κ3) is 3.87. The van der Waals surface area contributed by atoms with E-state index in [2.05, 4.69) is 0 Å². The molecule has 1 amide bonds. The molecule has 0 spiro atoms. The molecule has 0 radical (unpaired) electrons. The monoisotopic (exact) mass is 301 g/mol. The van der Waals surface area contributed by atoms with Crippen molar-refractivity contribution in [1.29, 1.82) is 0 Å². The Labute approximate surface area is 121 Å². The van der Waals surface area contributed by atoms with Gasteiger partial charge in [0.2, 0.25) is 0 Å². The van der Waals surface area contributed by atoms with E-state index in [1.54, 1.807) is 30.0 Å². The van der Waals surface area contributed by atoms with Crippen LogP contribution in [0.25, 0.3) is 0 Å². The Kier molecular flexibility index (Phi) is 4.41. The number of carbonyl (C=O) groups excluding carboxylic acids is 1. The van der Waals surface area contributed by atoms with Crippen LogP contribution in [0.2, 0.25) is 0 Å². The van der Waals surface area contributed by atoms with Gasteiger partial charge in [-0.15, -0.1) is 0 Å². The van der Waals surface area contributed by atoms with Gasteiger partial charge in [0, 0.05) is 37.4 Å². The lowest BCUT2D eigenvalue weighted by molar-refractivity contribution is -0.148. The molecule has 1 fully saturated rings. The zero-order valence-corrected chi connectivity index (χ0v) is 11.8. The standard InChI is InChI=1S/C14H18F3N3O/c1-10-11(3-2-4-12(10)18)13(21)20-7-5-19(6-8-20)9-14(15,16)17/h2-4H,5-9,18H2,1H3. The molecule has 0 aliphatic carbocycles. The van der Waals surface area contributed by atoms with Crippen molar-refractivity contribution in [2.45, 2.75) is 13.1 Å². The summed E-state index contributed by atoms with van der Waals surface area (Å²) in [6, 6.07) is 5.11. The SMILES string of the molecule is Cc1c(N)cccc1C(=O)N1CCN(CC(F)(F)F)CC1. The number of benzene rings is 1. The minimum atomic E-state index is -4.20. The second-order valence-electron chi connectivity index (χ2n) is 5.20. The predicted molar refractivity (Wildman–Crippen MR) is 74.0 cm³/mol. The van der Waals surface area contributed by atoms with Crippen molar-refractivity contribution in [2.75, 3.05) is 38.5 Å². The number of rotatable bonds is 2. The van der Waals surface area contributed by atoms with Gasteiger partial charge in [-0.05, 0) is 24.6 Å². The molecular weight excluding hydrogens is 283 g/mol. The van der Waals surface area contributed by atoms with Gasteiger partial charge in [-0.2, -0.15) is 13.2 Å². The van der Waals surface area contributed by atoms with Crippen molar-refractivity contribution in [3.63, 3.8) is 0 Å². The second kappa shape index (κ2) is 5.93. The third-order valence-electron chi connectivity index (χ3n) is 3.67. The van der Waals surface area contributed by atoms with E-state index in [1.807, 2.05) is 0 Å². The van der Waals surface area contributed by atoms with Crippen LogP contribution in [0.3, 0.4) is 0 Å². The zero-order valence-electron chi connectivity index (χ0n) is 11.8. The summed E-state index contributed by atoms with van der Waals surface area (Å²) >= 11 is 0. The Morgan fingerprint density at radius 3 is 2.43 bits per heavy atom. The lowest BCUT2D eigenvalue weighted by Crippen LogP contribution is -2.51. The fraction of sp³-hybridized carbons (Fsp3) is 0.500. The highest BCUT2D eigenvalue weighted by atomic mass is 19.4. The number of piperazine rings is 1. The van der Waals surface area contributed by atoms with Gasteiger partial charge in [-0.25, -0.2) is 0 Å². The van der Waals surface area contributed by atoms with Crippen LogP contribution < -0.4 is 5.73 Å². The molecule has 1 heterocycles. The van der Waals surface area contributed by atoms with E-state index in [-0.39, 0.29) is 19.0 Å². The number of hydrogen-bond donors (Lipinski definition) is 1. The van der Waals surface area contributed by atoms with Gasteiger partial charge in [0.15, 0.2) is 0 Å². The minimum absolute atomic E-state index is 0.175. The fourth-order valence-electron chi connectivity index (χ4n) is 2.42. The summed E-state index contributed by atoms with van der Waals surface area (Å²) in [5.41, 5.74) is 7.54. The third-order valence-corrected chi connectivity index (χ3v) is 3.67. The van der Waals surface area contributed by atoms with Crippen LogP contribution in [0, 0.1) is 6.92 Å². The maximum atomic E-state index is 12.4. The van der Waals surface area contributed by atoms with E-state index in [1.165, 1.54) is 4.90 Å². The number of nitrogens with zero attached hydrogens (tertiary/aromatic N) is 2. The number of alkyl halides is 3. The molecule has 0 unspecified atom stereocenters. The van der Waals surface area contributed by atoms with Gasteiger partial charge < -0.3 is 10.6 Å². The molecule has 0 aromatic heterocycles. The molecule has 0 atom stereocenters.